The van der Waals surface area contributed by atoms with E-state index < -0.39 is 24.0 Å². The van der Waals surface area contributed by atoms with E-state index in [-0.39, 0.29) is 0 Å². The number of nitrogens with one attached hydrogen (secondary N) is 2. The van der Waals surface area contributed by atoms with E-state index in [1.165, 1.54) is 0 Å². The quantitative estimate of drug-likeness (QED) is 0.531. The van der Waals surface area contributed by atoms with Crippen LogP contribution in [-0.2, 0) is 9.59 Å². The van der Waals surface area contributed by atoms with Gasteiger partial charge in [-0.25, -0.2) is 0 Å². The van der Waals surface area contributed by atoms with Gasteiger partial charge in [-0.3, -0.25) is 9.59 Å². The minimum atomic E-state index is -1.35. The predicted molar refractivity (Wildman–Crippen MR) is 107 cm³/mol. The van der Waals surface area contributed by atoms with Gasteiger partial charge in [0, 0.05) is 0 Å². The Kier molecular flexibility index (Phi) is 6.16. The Balaban J connectivity index is 1.72. The molecule has 0 aliphatic carbocycles. The zero-order chi connectivity index (χ0) is 19.9. The predicted octanol–water partition coefficient (Wildman–Crippen LogP) is 3.03. The van der Waals surface area contributed by atoms with Crippen LogP contribution in [-0.4, -0.2) is 22.0 Å². The number of hydrogen-bond donors (Lipinski definition) is 4. The van der Waals surface area contributed by atoms with Crippen LogP contribution in [0.5, 0.6) is 0 Å². The first-order valence-corrected chi connectivity index (χ1v) is 8.73. The molecule has 6 nitrogen and oxygen atoms in total. The maximum atomic E-state index is 12.4. The largest absolute Gasteiger partial charge is 0.378 e. The van der Waals surface area contributed by atoms with Crippen LogP contribution in [0.3, 0.4) is 0 Å². The topological polar surface area (TPSA) is 98.7 Å². The van der Waals surface area contributed by atoms with Crippen molar-refractivity contribution in [1.29, 1.82) is 0 Å². The highest BCUT2D eigenvalue weighted by Crippen LogP contribution is 2.25. The third-order valence-electron chi connectivity index (χ3n) is 4.17. The molecule has 142 valence electrons. The van der Waals surface area contributed by atoms with E-state index in [0.29, 0.717) is 22.5 Å². The number of carbonyl (C=O) groups is 2. The first-order chi connectivity index (χ1) is 13.6. The monoisotopic (exact) mass is 376 g/mol. The van der Waals surface area contributed by atoms with Crippen molar-refractivity contribution in [1.82, 2.24) is 0 Å². The van der Waals surface area contributed by atoms with E-state index in [4.69, 9.17) is 0 Å². The second-order valence-electron chi connectivity index (χ2n) is 6.15. The molecule has 28 heavy (non-hydrogen) atoms. The van der Waals surface area contributed by atoms with Gasteiger partial charge in [0.1, 0.15) is 0 Å². The molecule has 0 saturated heterocycles. The summed E-state index contributed by atoms with van der Waals surface area (Å²) in [5.74, 6) is -1.26. The summed E-state index contributed by atoms with van der Waals surface area (Å²) < 4.78 is 0. The Bertz CT molecular complexity index is 867. The first kappa shape index (κ1) is 19.3. The number of rotatable bonds is 6. The third-order valence-corrected chi connectivity index (χ3v) is 4.17. The minimum Gasteiger partial charge on any atom is -0.378 e. The molecule has 2 amide bonds. The average Bonchev–Trinajstić information content (AvgIpc) is 2.75. The summed E-state index contributed by atoms with van der Waals surface area (Å²) in [5.41, 5.74) is 1.55. The van der Waals surface area contributed by atoms with Gasteiger partial charge in [-0.15, -0.1) is 0 Å². The summed E-state index contributed by atoms with van der Waals surface area (Å²) in [6.07, 6.45) is -2.69. The average molecular weight is 376 g/mol. The summed E-state index contributed by atoms with van der Waals surface area (Å²) in [6.45, 7) is 0. The Labute approximate surface area is 162 Å². The lowest BCUT2D eigenvalue weighted by atomic mass is 10.1. The molecule has 0 spiro atoms. The fourth-order valence-corrected chi connectivity index (χ4v) is 2.68. The molecular weight excluding hydrogens is 356 g/mol. The van der Waals surface area contributed by atoms with Crippen LogP contribution in [0.15, 0.2) is 84.9 Å². The fourth-order valence-electron chi connectivity index (χ4n) is 2.68. The van der Waals surface area contributed by atoms with Crippen LogP contribution in [0.4, 0.5) is 11.4 Å². The fraction of sp³-hybridized carbons (Fsp3) is 0.0909. The van der Waals surface area contributed by atoms with E-state index in [9.17, 15) is 19.8 Å². The lowest BCUT2D eigenvalue weighted by Gasteiger charge is -2.16. The number of para-hydroxylation sites is 2. The minimum absolute atomic E-state index is 0.316. The van der Waals surface area contributed by atoms with Gasteiger partial charge >= 0.3 is 0 Å². The summed E-state index contributed by atoms with van der Waals surface area (Å²) in [5, 5.41) is 25.7. The van der Waals surface area contributed by atoms with Crippen LogP contribution in [0.1, 0.15) is 23.3 Å². The van der Waals surface area contributed by atoms with Crippen molar-refractivity contribution < 1.29 is 19.8 Å². The van der Waals surface area contributed by atoms with Crippen LogP contribution in [0.2, 0.25) is 0 Å². The van der Waals surface area contributed by atoms with Gasteiger partial charge in [-0.1, -0.05) is 72.8 Å². The molecule has 0 fully saturated rings. The zero-order valence-electron chi connectivity index (χ0n) is 14.9. The molecule has 0 saturated carbocycles. The highest BCUT2D eigenvalue weighted by molar-refractivity contribution is 6.02. The highest BCUT2D eigenvalue weighted by atomic mass is 16.3. The van der Waals surface area contributed by atoms with Gasteiger partial charge in [0.25, 0.3) is 11.8 Å². The van der Waals surface area contributed by atoms with Crippen molar-refractivity contribution in [3.05, 3.63) is 96.1 Å². The number of aliphatic hydroxyl groups is 2. The summed E-state index contributed by atoms with van der Waals surface area (Å²) in [7, 11) is 0. The standard InChI is InChI=1S/C22H20N2O4/c25-19(15-9-3-1-4-10-15)21(27)23-17-13-7-8-14-18(17)24-22(28)20(26)16-11-5-2-6-12-16/h1-14,19-20,25-26H,(H,23,27)(H,24,28)/t19-,20-/m1/s1. The Morgan fingerprint density at radius 2 is 0.893 bits per heavy atom. The smallest absolute Gasteiger partial charge is 0.257 e. The lowest BCUT2D eigenvalue weighted by molar-refractivity contribution is -0.125. The maximum absolute atomic E-state index is 12.4. The van der Waals surface area contributed by atoms with Crippen molar-refractivity contribution >= 4 is 23.2 Å². The SMILES string of the molecule is O=C(Nc1ccccc1NC(=O)[C@H](O)c1ccccc1)[C@H](O)c1ccccc1. The summed E-state index contributed by atoms with van der Waals surface area (Å²) in [6, 6.07) is 23.6. The third kappa shape index (κ3) is 4.62. The molecular formula is C22H20N2O4. The molecule has 0 heterocycles. The van der Waals surface area contributed by atoms with Crippen molar-refractivity contribution in [2.24, 2.45) is 0 Å². The molecule has 0 aliphatic heterocycles. The van der Waals surface area contributed by atoms with Crippen LogP contribution < -0.4 is 10.6 Å². The summed E-state index contributed by atoms with van der Waals surface area (Å²) >= 11 is 0. The molecule has 0 aliphatic rings. The summed E-state index contributed by atoms with van der Waals surface area (Å²) in [4.78, 5) is 24.8. The Morgan fingerprint density at radius 1 is 0.571 bits per heavy atom. The van der Waals surface area contributed by atoms with Gasteiger partial charge in [-0.05, 0) is 23.3 Å². The number of carbonyl (C=O) groups excluding carboxylic acids is 2. The lowest BCUT2D eigenvalue weighted by Crippen LogP contribution is -2.24. The van der Waals surface area contributed by atoms with Crippen LogP contribution >= 0.6 is 0 Å². The maximum Gasteiger partial charge on any atom is 0.257 e. The second kappa shape index (κ2) is 8.94. The van der Waals surface area contributed by atoms with Gasteiger partial charge in [0.15, 0.2) is 12.2 Å². The van der Waals surface area contributed by atoms with Crippen molar-refractivity contribution in [2.45, 2.75) is 12.2 Å². The number of hydrogen-bond acceptors (Lipinski definition) is 4. The Hall–Kier alpha value is -3.48. The molecule has 4 N–H and O–H groups in total. The molecule has 3 rings (SSSR count). The van der Waals surface area contributed by atoms with Crippen molar-refractivity contribution in [2.75, 3.05) is 10.6 Å². The molecule has 0 aromatic heterocycles. The second-order valence-corrected chi connectivity index (χ2v) is 6.15. The highest BCUT2D eigenvalue weighted by Gasteiger charge is 2.21. The van der Waals surface area contributed by atoms with E-state index >= 15 is 0 Å². The van der Waals surface area contributed by atoms with Gasteiger partial charge in [-0.2, -0.15) is 0 Å². The van der Waals surface area contributed by atoms with E-state index in [1.54, 1.807) is 84.9 Å². The Morgan fingerprint density at radius 3 is 1.25 bits per heavy atom. The molecule has 3 aromatic rings. The zero-order valence-corrected chi connectivity index (χ0v) is 14.9. The van der Waals surface area contributed by atoms with Crippen molar-refractivity contribution in [3.8, 4) is 0 Å². The van der Waals surface area contributed by atoms with Gasteiger partial charge < -0.3 is 20.8 Å². The number of anilines is 2. The van der Waals surface area contributed by atoms with Crippen molar-refractivity contribution in [3.63, 3.8) is 0 Å². The molecule has 0 bridgehead atoms. The van der Waals surface area contributed by atoms with E-state index in [0.717, 1.165) is 0 Å². The first-order valence-electron chi connectivity index (χ1n) is 8.73. The number of aliphatic hydroxyl groups excluding tert-OH is 2. The molecule has 6 heteroatoms. The van der Waals surface area contributed by atoms with Gasteiger partial charge in [0.2, 0.25) is 0 Å². The molecule has 0 radical (unpaired) electrons. The van der Waals surface area contributed by atoms with Gasteiger partial charge in [0.05, 0.1) is 11.4 Å². The van der Waals surface area contributed by atoms with Crippen LogP contribution in [0.25, 0.3) is 0 Å². The molecule has 3 aromatic carbocycles. The number of amides is 2. The van der Waals surface area contributed by atoms with Crippen LogP contribution in [0, 0.1) is 0 Å². The molecule has 2 atom stereocenters. The number of benzene rings is 3. The van der Waals surface area contributed by atoms with E-state index in [1.807, 2.05) is 0 Å². The molecule has 0 unspecified atom stereocenters. The van der Waals surface area contributed by atoms with E-state index in [2.05, 4.69) is 10.6 Å². The normalized spacial score (nSPS) is 12.6.